The summed E-state index contributed by atoms with van der Waals surface area (Å²) in [6, 6.07) is 0. The van der Waals surface area contributed by atoms with Gasteiger partial charge in [-0.2, -0.15) is 4.37 Å². The van der Waals surface area contributed by atoms with Crippen LogP contribution >= 0.6 is 11.7 Å². The van der Waals surface area contributed by atoms with E-state index in [1.807, 2.05) is 0 Å². The molecule has 1 aromatic heterocycles. The first-order valence-electron chi connectivity index (χ1n) is 12.3. The van der Waals surface area contributed by atoms with Crippen LogP contribution in [0, 0.1) is 5.92 Å². The number of nitrogens with zero attached hydrogens (tertiary/aromatic N) is 3. The Hall–Kier alpha value is -1.47. The number of likely N-dealkylation sites (N-methyl/N-ethyl adjacent to an activating group) is 1. The third kappa shape index (κ3) is 6.51. The predicted octanol–water partition coefficient (Wildman–Crippen LogP) is 5.59. The maximum atomic E-state index is 12.8. The first-order valence-corrected chi connectivity index (χ1v) is 13.0. The fraction of sp³-hybridized carbons (Fsp3) is 0.792. The molecule has 6 nitrogen and oxygen atoms in total. The Bertz CT molecular complexity index is 729. The molecule has 2 aliphatic rings. The zero-order valence-corrected chi connectivity index (χ0v) is 20.4. The van der Waals surface area contributed by atoms with Gasteiger partial charge in [-0.05, 0) is 19.3 Å². The molecule has 1 aromatic rings. The Morgan fingerprint density at radius 1 is 1.19 bits per heavy atom. The van der Waals surface area contributed by atoms with Crippen LogP contribution in [0.4, 0.5) is 0 Å². The van der Waals surface area contributed by atoms with E-state index in [1.165, 1.54) is 43.0 Å². The molecule has 2 unspecified atom stereocenters. The molecule has 31 heavy (non-hydrogen) atoms. The van der Waals surface area contributed by atoms with Gasteiger partial charge in [0.15, 0.2) is 0 Å². The van der Waals surface area contributed by atoms with Gasteiger partial charge in [0, 0.05) is 18.4 Å². The van der Waals surface area contributed by atoms with Crippen LogP contribution in [-0.4, -0.2) is 52.2 Å². The summed E-state index contributed by atoms with van der Waals surface area (Å²) >= 11 is 1.21. The van der Waals surface area contributed by atoms with Gasteiger partial charge in [-0.25, -0.2) is 0 Å². The second-order valence-electron chi connectivity index (χ2n) is 9.34. The predicted molar refractivity (Wildman–Crippen MR) is 125 cm³/mol. The molecule has 2 atom stereocenters. The molecule has 1 fully saturated rings. The molecule has 0 saturated heterocycles. The van der Waals surface area contributed by atoms with E-state index < -0.39 is 0 Å². The van der Waals surface area contributed by atoms with Crippen molar-refractivity contribution in [1.29, 1.82) is 0 Å². The summed E-state index contributed by atoms with van der Waals surface area (Å²) in [4.78, 5) is 12.8. The number of hydrogen-bond donors (Lipinski definition) is 0. The van der Waals surface area contributed by atoms with Gasteiger partial charge in [0.1, 0.15) is 12.2 Å². The second kappa shape index (κ2) is 12.0. The highest BCUT2D eigenvalue weighted by molar-refractivity contribution is 6.99. The monoisotopic (exact) mass is 450 g/mol. The van der Waals surface area contributed by atoms with Crippen molar-refractivity contribution in [2.45, 2.75) is 90.7 Å². The molecule has 0 aromatic carbocycles. The smallest absolute Gasteiger partial charge is 0.313 e. The number of aromatic nitrogens is 2. The van der Waals surface area contributed by atoms with E-state index in [4.69, 9.17) is 9.47 Å². The molecule has 0 amide bonds. The fourth-order valence-electron chi connectivity index (χ4n) is 4.87. The van der Waals surface area contributed by atoms with Crippen molar-refractivity contribution in [3.63, 3.8) is 0 Å². The quantitative estimate of drug-likeness (QED) is 0.250. The lowest BCUT2D eigenvalue weighted by Crippen LogP contribution is -2.56. The molecule has 3 rings (SSSR count). The average Bonchev–Trinajstić information content (AvgIpc) is 3.26. The number of rotatable bonds is 11. The van der Waals surface area contributed by atoms with Crippen LogP contribution in [0.15, 0.2) is 6.08 Å². The lowest BCUT2D eigenvalue weighted by molar-refractivity contribution is -0.947. The van der Waals surface area contributed by atoms with Gasteiger partial charge in [0.05, 0.1) is 37.8 Å². The van der Waals surface area contributed by atoms with Crippen LogP contribution in [-0.2, 0) is 9.53 Å². The van der Waals surface area contributed by atoms with Crippen molar-refractivity contribution >= 4 is 23.3 Å². The Morgan fingerprint density at radius 3 is 2.74 bits per heavy atom. The summed E-state index contributed by atoms with van der Waals surface area (Å²) in [6.07, 6.45) is 14.1. The summed E-state index contributed by atoms with van der Waals surface area (Å²) in [5.74, 6) is 0.756. The zero-order chi connectivity index (χ0) is 22.1. The van der Waals surface area contributed by atoms with Crippen molar-refractivity contribution in [2.24, 2.45) is 5.92 Å². The molecule has 0 radical (unpaired) electrons. The largest absolute Gasteiger partial charge is 0.475 e. The van der Waals surface area contributed by atoms with Crippen molar-refractivity contribution < 1.29 is 18.8 Å². The minimum absolute atomic E-state index is 0.00781. The molecule has 7 heteroatoms. The maximum Gasteiger partial charge on any atom is 0.313 e. The van der Waals surface area contributed by atoms with Crippen molar-refractivity contribution in [1.82, 2.24) is 8.75 Å². The number of carbonyl (C=O) groups excluding carboxylic acids is 1. The Kier molecular flexibility index (Phi) is 9.32. The molecule has 0 spiro atoms. The van der Waals surface area contributed by atoms with E-state index in [1.54, 1.807) is 0 Å². The average molecular weight is 451 g/mol. The van der Waals surface area contributed by atoms with Crippen LogP contribution in [0.3, 0.4) is 0 Å². The molecular formula is C24H40N3O3S+. The van der Waals surface area contributed by atoms with Crippen molar-refractivity contribution in [2.75, 3.05) is 26.7 Å². The first-order chi connectivity index (χ1) is 15.1. The van der Waals surface area contributed by atoms with Crippen LogP contribution in [0.5, 0.6) is 5.88 Å². The molecule has 1 aliphatic carbocycles. The van der Waals surface area contributed by atoms with Crippen LogP contribution < -0.4 is 4.74 Å². The summed E-state index contributed by atoms with van der Waals surface area (Å²) in [5.41, 5.74) is 2.04. The highest BCUT2D eigenvalue weighted by Gasteiger charge is 2.39. The topological polar surface area (TPSA) is 61.3 Å². The maximum absolute atomic E-state index is 12.8. The van der Waals surface area contributed by atoms with E-state index in [0.29, 0.717) is 17.0 Å². The van der Waals surface area contributed by atoms with E-state index in [0.717, 1.165) is 63.7 Å². The van der Waals surface area contributed by atoms with Gasteiger partial charge >= 0.3 is 5.97 Å². The van der Waals surface area contributed by atoms with Gasteiger partial charge in [-0.15, -0.1) is 4.37 Å². The van der Waals surface area contributed by atoms with Crippen molar-refractivity contribution in [3.8, 4) is 5.88 Å². The van der Waals surface area contributed by atoms with Gasteiger partial charge in [-0.3, -0.25) is 9.28 Å². The Balaban J connectivity index is 1.62. The van der Waals surface area contributed by atoms with Crippen LogP contribution in [0.1, 0.15) is 90.2 Å². The highest BCUT2D eigenvalue weighted by Crippen LogP contribution is 2.33. The van der Waals surface area contributed by atoms with E-state index in [2.05, 4.69) is 35.7 Å². The third-order valence-electron chi connectivity index (χ3n) is 6.80. The number of esters is 1. The molecule has 174 valence electrons. The number of hydrogen-bond acceptors (Lipinski definition) is 6. The number of unbranched alkanes of at least 4 members (excludes halogenated alkanes) is 3. The van der Waals surface area contributed by atoms with Gasteiger partial charge < -0.3 is 9.47 Å². The second-order valence-corrected chi connectivity index (χ2v) is 9.87. The summed E-state index contributed by atoms with van der Waals surface area (Å²) in [7, 11) is 2.21. The Labute approximate surface area is 191 Å². The molecule has 1 aliphatic heterocycles. The summed E-state index contributed by atoms with van der Waals surface area (Å²) in [6.45, 7) is 6.77. The SMILES string of the molecule is CCCCCCOc1nsnc1C1=CCC[N+](C)(C(CC)OC(=O)C2CCCCC2)C1. The summed E-state index contributed by atoms with van der Waals surface area (Å²) < 4.78 is 21.8. The number of ether oxygens (including phenoxy) is 2. The third-order valence-corrected chi connectivity index (χ3v) is 7.31. The van der Waals surface area contributed by atoms with E-state index in [9.17, 15) is 4.79 Å². The summed E-state index contributed by atoms with van der Waals surface area (Å²) in [5, 5.41) is 0. The first kappa shape index (κ1) is 24.2. The van der Waals surface area contributed by atoms with Gasteiger partial charge in [-0.1, -0.05) is 58.4 Å². The Morgan fingerprint density at radius 2 is 2.00 bits per heavy atom. The zero-order valence-electron chi connectivity index (χ0n) is 19.6. The molecule has 1 saturated carbocycles. The lowest BCUT2D eigenvalue weighted by atomic mass is 9.89. The fourth-order valence-corrected chi connectivity index (χ4v) is 5.40. The van der Waals surface area contributed by atoms with E-state index >= 15 is 0 Å². The number of quaternary nitrogens is 1. The van der Waals surface area contributed by atoms with Gasteiger partial charge in [0.25, 0.3) is 5.88 Å². The van der Waals surface area contributed by atoms with Crippen LogP contribution in [0.2, 0.25) is 0 Å². The number of carbonyl (C=O) groups is 1. The van der Waals surface area contributed by atoms with E-state index in [-0.39, 0.29) is 18.1 Å². The normalized spacial score (nSPS) is 23.3. The standard InChI is InChI=1S/C24H40N3O3S/c1-4-6-7-11-17-29-23-22(25-31-26-23)20-15-12-16-27(3,18-20)21(5-2)30-24(28)19-13-9-8-10-14-19/h15,19,21H,4-14,16-18H2,1-3H3/q+1. The highest BCUT2D eigenvalue weighted by atomic mass is 32.1. The van der Waals surface area contributed by atoms with Crippen LogP contribution in [0.25, 0.3) is 5.57 Å². The molecule has 2 heterocycles. The minimum atomic E-state index is -0.122. The van der Waals surface area contributed by atoms with Gasteiger partial charge in [0.2, 0.25) is 6.23 Å². The lowest BCUT2D eigenvalue weighted by Gasteiger charge is -2.42. The molecule has 0 bridgehead atoms. The molecule has 0 N–H and O–H groups in total. The minimum Gasteiger partial charge on any atom is -0.475 e. The van der Waals surface area contributed by atoms with Crippen molar-refractivity contribution in [3.05, 3.63) is 11.8 Å². The molecular weight excluding hydrogens is 410 g/mol.